The van der Waals surface area contributed by atoms with Gasteiger partial charge in [-0.05, 0) is 77.8 Å². The van der Waals surface area contributed by atoms with Gasteiger partial charge in [-0.1, -0.05) is 24.3 Å². The van der Waals surface area contributed by atoms with E-state index < -0.39 is 15.8 Å². The monoisotopic (exact) mass is 535 g/mol. The van der Waals surface area contributed by atoms with E-state index in [-0.39, 0.29) is 18.1 Å². The van der Waals surface area contributed by atoms with Crippen LogP contribution in [-0.4, -0.2) is 44.7 Å². The molecule has 0 spiro atoms. The van der Waals surface area contributed by atoms with Crippen molar-refractivity contribution in [3.05, 3.63) is 76.9 Å². The topological polar surface area (TPSA) is 102 Å². The van der Waals surface area contributed by atoms with Crippen molar-refractivity contribution in [1.82, 2.24) is 0 Å². The summed E-state index contributed by atoms with van der Waals surface area (Å²) in [6, 6.07) is 18.7. The van der Waals surface area contributed by atoms with Crippen LogP contribution in [0, 0.1) is 0 Å². The molecule has 0 saturated carbocycles. The third-order valence-electron chi connectivity index (χ3n) is 7.17. The molecule has 2 N–H and O–H groups in total. The predicted molar refractivity (Wildman–Crippen MR) is 148 cm³/mol. The van der Waals surface area contributed by atoms with Crippen molar-refractivity contribution < 1.29 is 27.8 Å². The number of carboxylic acids is 1. The molecule has 0 fully saturated rings. The van der Waals surface area contributed by atoms with Crippen LogP contribution in [0.5, 0.6) is 11.5 Å². The van der Waals surface area contributed by atoms with Gasteiger partial charge in [0.25, 0.3) is 0 Å². The highest BCUT2D eigenvalue weighted by atomic mass is 32.2. The largest absolute Gasteiger partial charge is 0.494 e. The SMILES string of the molecule is CS(=O)(=O)CCCOc1ccc2c(c1)CCCc1ccc(CNc3ccc4c(c3)OC[C@H]4CC(=O)O)cc1-2. The van der Waals surface area contributed by atoms with Crippen molar-refractivity contribution in [2.45, 2.75) is 44.6 Å². The summed E-state index contributed by atoms with van der Waals surface area (Å²) >= 11 is 0. The Hall–Kier alpha value is -3.52. The Morgan fingerprint density at radius 3 is 2.71 bits per heavy atom. The van der Waals surface area contributed by atoms with E-state index in [0.29, 0.717) is 26.2 Å². The van der Waals surface area contributed by atoms with E-state index in [9.17, 15) is 13.2 Å². The first-order valence-corrected chi connectivity index (χ1v) is 15.1. The molecule has 0 saturated heterocycles. The molecule has 0 amide bonds. The summed E-state index contributed by atoms with van der Waals surface area (Å²) in [5.41, 5.74) is 8.12. The van der Waals surface area contributed by atoms with Gasteiger partial charge < -0.3 is 19.9 Å². The van der Waals surface area contributed by atoms with Crippen molar-refractivity contribution in [3.8, 4) is 22.6 Å². The maximum absolute atomic E-state index is 11.3. The van der Waals surface area contributed by atoms with Gasteiger partial charge in [0.15, 0.2) is 0 Å². The number of ether oxygens (including phenoxy) is 2. The third kappa shape index (κ3) is 6.30. The lowest BCUT2D eigenvalue weighted by Gasteiger charge is -2.14. The Morgan fingerprint density at radius 1 is 1.05 bits per heavy atom. The van der Waals surface area contributed by atoms with Gasteiger partial charge in [0, 0.05) is 36.0 Å². The molecule has 38 heavy (non-hydrogen) atoms. The van der Waals surface area contributed by atoms with Crippen molar-refractivity contribution in [2.75, 3.05) is 30.5 Å². The van der Waals surface area contributed by atoms with Crippen LogP contribution in [0.2, 0.25) is 0 Å². The zero-order chi connectivity index (χ0) is 26.7. The molecule has 1 aliphatic heterocycles. The minimum atomic E-state index is -2.98. The van der Waals surface area contributed by atoms with Crippen LogP contribution in [0.4, 0.5) is 5.69 Å². The van der Waals surface area contributed by atoms with E-state index >= 15 is 0 Å². The summed E-state index contributed by atoms with van der Waals surface area (Å²) in [4.78, 5) is 11.1. The Labute approximate surface area is 223 Å². The molecule has 1 aliphatic carbocycles. The highest BCUT2D eigenvalue weighted by Gasteiger charge is 2.26. The summed E-state index contributed by atoms with van der Waals surface area (Å²) < 4.78 is 34.3. The normalized spacial score (nSPS) is 16.0. The van der Waals surface area contributed by atoms with Crippen LogP contribution in [0.25, 0.3) is 11.1 Å². The number of aliphatic carboxylic acids is 1. The number of carboxylic acid groups (broad SMARTS) is 1. The second-order valence-electron chi connectivity index (χ2n) is 10.2. The van der Waals surface area contributed by atoms with Gasteiger partial charge in [-0.2, -0.15) is 0 Å². The van der Waals surface area contributed by atoms with E-state index in [1.165, 1.54) is 34.1 Å². The van der Waals surface area contributed by atoms with Crippen LogP contribution in [0.1, 0.15) is 47.4 Å². The summed E-state index contributed by atoms with van der Waals surface area (Å²) in [5, 5.41) is 12.6. The van der Waals surface area contributed by atoms with Crippen LogP contribution < -0.4 is 14.8 Å². The van der Waals surface area contributed by atoms with E-state index in [2.05, 4.69) is 35.6 Å². The molecule has 3 aromatic carbocycles. The Morgan fingerprint density at radius 2 is 1.89 bits per heavy atom. The fourth-order valence-electron chi connectivity index (χ4n) is 5.28. The van der Waals surface area contributed by atoms with Crippen LogP contribution in [0.3, 0.4) is 0 Å². The van der Waals surface area contributed by atoms with Gasteiger partial charge in [0.05, 0.1) is 25.4 Å². The number of rotatable bonds is 10. The number of carbonyl (C=O) groups is 1. The Balaban J connectivity index is 1.27. The zero-order valence-electron chi connectivity index (χ0n) is 21.5. The van der Waals surface area contributed by atoms with Gasteiger partial charge in [0.1, 0.15) is 21.3 Å². The van der Waals surface area contributed by atoms with Gasteiger partial charge in [-0.3, -0.25) is 4.79 Å². The molecule has 8 heteroatoms. The van der Waals surface area contributed by atoms with E-state index in [1.807, 2.05) is 24.3 Å². The zero-order valence-corrected chi connectivity index (χ0v) is 22.4. The lowest BCUT2D eigenvalue weighted by molar-refractivity contribution is -0.137. The van der Waals surface area contributed by atoms with E-state index in [0.717, 1.165) is 42.0 Å². The molecular formula is C30H33NO6S. The highest BCUT2D eigenvalue weighted by molar-refractivity contribution is 7.90. The third-order valence-corrected chi connectivity index (χ3v) is 8.20. The number of hydrogen-bond donors (Lipinski definition) is 2. The van der Waals surface area contributed by atoms with Gasteiger partial charge >= 0.3 is 5.97 Å². The van der Waals surface area contributed by atoms with Crippen LogP contribution >= 0.6 is 0 Å². The van der Waals surface area contributed by atoms with Crippen LogP contribution in [-0.2, 0) is 34.0 Å². The summed E-state index contributed by atoms with van der Waals surface area (Å²) in [6.07, 6.45) is 4.85. The smallest absolute Gasteiger partial charge is 0.304 e. The van der Waals surface area contributed by atoms with Gasteiger partial charge in [-0.25, -0.2) is 8.42 Å². The maximum atomic E-state index is 11.3. The van der Waals surface area contributed by atoms with Crippen LogP contribution in [0.15, 0.2) is 54.6 Å². The fraction of sp³-hybridized carbons (Fsp3) is 0.367. The van der Waals surface area contributed by atoms with E-state index in [4.69, 9.17) is 14.6 Å². The molecule has 0 radical (unpaired) electrons. The molecule has 2 aliphatic rings. The molecule has 0 unspecified atom stereocenters. The second kappa shape index (κ2) is 11.1. The molecule has 200 valence electrons. The lowest BCUT2D eigenvalue weighted by atomic mass is 9.94. The lowest BCUT2D eigenvalue weighted by Crippen LogP contribution is -2.08. The number of benzene rings is 3. The number of nitrogens with one attached hydrogen (secondary N) is 1. The molecule has 0 aromatic heterocycles. The molecule has 1 atom stereocenters. The molecule has 5 rings (SSSR count). The highest BCUT2D eigenvalue weighted by Crippen LogP contribution is 2.38. The Kier molecular flexibility index (Phi) is 7.61. The standard InChI is InChI=1S/C30H33NO6S/c1-38(34,35)13-3-12-36-25-9-11-26-22(15-25)5-2-4-21-7-6-20(14-28(21)26)18-31-24-8-10-27-23(16-30(32)33)19-37-29(27)17-24/h6-11,14-15,17,23,31H,2-5,12-13,16,18-19H2,1H3,(H,32,33)/t23-/m1/s1. The molecule has 1 heterocycles. The van der Waals surface area contributed by atoms with Crippen molar-refractivity contribution >= 4 is 21.5 Å². The number of hydrogen-bond acceptors (Lipinski definition) is 6. The summed E-state index contributed by atoms with van der Waals surface area (Å²) in [7, 11) is -2.98. The molecule has 7 nitrogen and oxygen atoms in total. The number of sulfone groups is 1. The van der Waals surface area contributed by atoms with Crippen molar-refractivity contribution in [3.63, 3.8) is 0 Å². The molecule has 3 aromatic rings. The minimum Gasteiger partial charge on any atom is -0.494 e. The Bertz CT molecular complexity index is 1450. The molecule has 0 bridgehead atoms. The minimum absolute atomic E-state index is 0.0766. The summed E-state index contributed by atoms with van der Waals surface area (Å²) in [6.45, 7) is 1.44. The van der Waals surface area contributed by atoms with Gasteiger partial charge in [0.2, 0.25) is 0 Å². The average Bonchev–Trinajstić information content (AvgIpc) is 3.17. The quantitative estimate of drug-likeness (QED) is 0.343. The van der Waals surface area contributed by atoms with Gasteiger partial charge in [-0.15, -0.1) is 0 Å². The summed E-state index contributed by atoms with van der Waals surface area (Å²) in [5.74, 6) is 0.757. The first-order chi connectivity index (χ1) is 18.2. The first kappa shape index (κ1) is 26.1. The first-order valence-electron chi connectivity index (χ1n) is 13.0. The fourth-order valence-corrected chi connectivity index (χ4v) is 5.92. The predicted octanol–water partition coefficient (Wildman–Crippen LogP) is 5.22. The van der Waals surface area contributed by atoms with Crippen molar-refractivity contribution in [2.24, 2.45) is 0 Å². The number of fused-ring (bicyclic) bond motifs is 4. The second-order valence-corrected chi connectivity index (χ2v) is 12.5. The number of anilines is 1. The van der Waals surface area contributed by atoms with E-state index in [1.54, 1.807) is 0 Å². The number of aryl methyl sites for hydroxylation is 2. The maximum Gasteiger partial charge on any atom is 0.304 e. The molecular weight excluding hydrogens is 502 g/mol. The average molecular weight is 536 g/mol. The van der Waals surface area contributed by atoms with Crippen molar-refractivity contribution in [1.29, 1.82) is 0 Å².